The van der Waals surface area contributed by atoms with Gasteiger partial charge >= 0.3 is 0 Å². The summed E-state index contributed by atoms with van der Waals surface area (Å²) in [6, 6.07) is 12.6. The van der Waals surface area contributed by atoms with Crippen molar-refractivity contribution in [1.82, 2.24) is 10.6 Å². The number of carbonyl (C=O) groups is 2. The van der Waals surface area contributed by atoms with Crippen LogP contribution in [0, 0.1) is 11.3 Å². The van der Waals surface area contributed by atoms with Gasteiger partial charge in [0.2, 0.25) is 11.8 Å². The molecular formula is C17H17N3O3. The van der Waals surface area contributed by atoms with Crippen LogP contribution in [0.25, 0.3) is 0 Å². The lowest BCUT2D eigenvalue weighted by atomic mass is 10.1. The average Bonchev–Trinajstić information content (AvgIpc) is 3.10. The zero-order valence-corrected chi connectivity index (χ0v) is 12.5. The van der Waals surface area contributed by atoms with Gasteiger partial charge < -0.3 is 15.1 Å². The summed E-state index contributed by atoms with van der Waals surface area (Å²) in [6.45, 7) is 0.236. The summed E-state index contributed by atoms with van der Waals surface area (Å²) in [5.74, 6) is 0.195. The molecule has 0 aliphatic heterocycles. The highest BCUT2D eigenvalue weighted by atomic mass is 16.3. The summed E-state index contributed by atoms with van der Waals surface area (Å²) in [5, 5.41) is 13.9. The van der Waals surface area contributed by atoms with Crippen molar-refractivity contribution in [2.75, 3.05) is 6.54 Å². The minimum absolute atomic E-state index is 0.0626. The molecule has 0 saturated carbocycles. The zero-order chi connectivity index (χ0) is 16.5. The van der Waals surface area contributed by atoms with Gasteiger partial charge in [0.05, 0.1) is 31.0 Å². The molecule has 0 spiro atoms. The quantitative estimate of drug-likeness (QED) is 0.810. The Balaban J connectivity index is 1.64. The Kier molecular flexibility index (Phi) is 5.95. The summed E-state index contributed by atoms with van der Waals surface area (Å²) < 4.78 is 5.09. The third-order valence-corrected chi connectivity index (χ3v) is 3.21. The number of rotatable bonds is 7. The molecule has 2 N–H and O–H groups in total. The van der Waals surface area contributed by atoms with E-state index in [2.05, 4.69) is 10.6 Å². The molecule has 0 bridgehead atoms. The third kappa shape index (κ3) is 5.67. The summed E-state index contributed by atoms with van der Waals surface area (Å²) in [7, 11) is 0. The van der Waals surface area contributed by atoms with E-state index in [1.165, 1.54) is 6.26 Å². The van der Waals surface area contributed by atoms with Crippen LogP contribution in [0.3, 0.4) is 0 Å². The van der Waals surface area contributed by atoms with Gasteiger partial charge in [0, 0.05) is 6.42 Å². The van der Waals surface area contributed by atoms with Gasteiger partial charge in [-0.15, -0.1) is 0 Å². The molecule has 0 aliphatic rings. The molecule has 0 aliphatic carbocycles. The Morgan fingerprint density at radius 1 is 1.09 bits per heavy atom. The van der Waals surface area contributed by atoms with Crippen molar-refractivity contribution < 1.29 is 14.0 Å². The standard InChI is InChI=1S/C17H17N3O3/c18-10-14-5-3-13(4-6-14)7-8-16(21)20-12-17(22)19-11-15-2-1-9-23-15/h1-6,9H,7-8,11-12H2,(H,19,22)(H,20,21). The van der Waals surface area contributed by atoms with Gasteiger partial charge in [-0.1, -0.05) is 12.1 Å². The van der Waals surface area contributed by atoms with E-state index < -0.39 is 0 Å². The monoisotopic (exact) mass is 311 g/mol. The van der Waals surface area contributed by atoms with Gasteiger partial charge in [-0.3, -0.25) is 9.59 Å². The summed E-state index contributed by atoms with van der Waals surface area (Å²) >= 11 is 0. The molecule has 0 unspecified atom stereocenters. The molecule has 6 nitrogen and oxygen atoms in total. The van der Waals surface area contributed by atoms with Crippen LogP contribution in [0.1, 0.15) is 23.3 Å². The Morgan fingerprint density at radius 3 is 2.52 bits per heavy atom. The van der Waals surface area contributed by atoms with Crippen LogP contribution < -0.4 is 10.6 Å². The lowest BCUT2D eigenvalue weighted by Gasteiger charge is -2.06. The molecule has 0 saturated heterocycles. The van der Waals surface area contributed by atoms with Gasteiger partial charge in [-0.25, -0.2) is 0 Å². The SMILES string of the molecule is N#Cc1ccc(CCC(=O)NCC(=O)NCc2ccco2)cc1. The molecule has 0 radical (unpaired) electrons. The fraction of sp³-hybridized carbons (Fsp3) is 0.235. The smallest absolute Gasteiger partial charge is 0.239 e. The van der Waals surface area contributed by atoms with E-state index in [0.717, 1.165) is 5.56 Å². The number of nitrogens with zero attached hydrogens (tertiary/aromatic N) is 1. The fourth-order valence-electron chi connectivity index (χ4n) is 1.93. The van der Waals surface area contributed by atoms with Gasteiger partial charge in [-0.2, -0.15) is 5.26 Å². The van der Waals surface area contributed by atoms with E-state index in [1.54, 1.807) is 24.3 Å². The number of nitrogens with one attached hydrogen (secondary N) is 2. The molecular weight excluding hydrogens is 294 g/mol. The topological polar surface area (TPSA) is 95.1 Å². The maximum atomic E-state index is 11.7. The summed E-state index contributed by atoms with van der Waals surface area (Å²) in [4.78, 5) is 23.3. The Morgan fingerprint density at radius 2 is 1.87 bits per heavy atom. The summed E-state index contributed by atoms with van der Waals surface area (Å²) in [5.41, 5.74) is 1.56. The van der Waals surface area contributed by atoms with Crippen LogP contribution in [0.4, 0.5) is 0 Å². The number of furan rings is 1. The fourth-order valence-corrected chi connectivity index (χ4v) is 1.93. The van der Waals surface area contributed by atoms with E-state index in [0.29, 0.717) is 24.3 Å². The molecule has 1 heterocycles. The molecule has 2 rings (SSSR count). The van der Waals surface area contributed by atoms with Crippen molar-refractivity contribution in [1.29, 1.82) is 5.26 Å². The molecule has 2 aromatic rings. The van der Waals surface area contributed by atoms with Crippen molar-refractivity contribution in [3.05, 3.63) is 59.5 Å². The van der Waals surface area contributed by atoms with Crippen LogP contribution in [-0.4, -0.2) is 18.4 Å². The van der Waals surface area contributed by atoms with Crippen LogP contribution >= 0.6 is 0 Å². The minimum atomic E-state index is -0.270. The second kappa shape index (κ2) is 8.39. The maximum Gasteiger partial charge on any atom is 0.239 e. The predicted molar refractivity (Wildman–Crippen MR) is 83.0 cm³/mol. The second-order valence-electron chi connectivity index (χ2n) is 4.94. The molecule has 1 aromatic heterocycles. The minimum Gasteiger partial charge on any atom is -0.467 e. The maximum absolute atomic E-state index is 11.7. The lowest BCUT2D eigenvalue weighted by Crippen LogP contribution is -2.36. The summed E-state index contributed by atoms with van der Waals surface area (Å²) in [6.07, 6.45) is 2.38. The van der Waals surface area contributed by atoms with Crippen molar-refractivity contribution >= 4 is 11.8 Å². The Bertz CT molecular complexity index is 685. The van der Waals surface area contributed by atoms with Crippen molar-refractivity contribution in [2.24, 2.45) is 0 Å². The molecule has 1 aromatic carbocycles. The van der Waals surface area contributed by atoms with E-state index in [4.69, 9.17) is 9.68 Å². The van der Waals surface area contributed by atoms with Gasteiger partial charge in [0.15, 0.2) is 0 Å². The third-order valence-electron chi connectivity index (χ3n) is 3.21. The van der Waals surface area contributed by atoms with E-state index in [9.17, 15) is 9.59 Å². The highest BCUT2D eigenvalue weighted by Crippen LogP contribution is 2.05. The zero-order valence-electron chi connectivity index (χ0n) is 12.5. The van der Waals surface area contributed by atoms with Gasteiger partial charge in [0.25, 0.3) is 0 Å². The number of nitriles is 1. The molecule has 118 valence electrons. The number of hydrogen-bond donors (Lipinski definition) is 2. The number of carbonyl (C=O) groups excluding carboxylic acids is 2. The molecule has 23 heavy (non-hydrogen) atoms. The highest BCUT2D eigenvalue weighted by Gasteiger charge is 2.06. The lowest BCUT2D eigenvalue weighted by molar-refractivity contribution is -0.126. The van der Waals surface area contributed by atoms with Gasteiger partial charge in [-0.05, 0) is 36.2 Å². The number of amides is 2. The normalized spacial score (nSPS) is 9.87. The largest absolute Gasteiger partial charge is 0.467 e. The first-order chi connectivity index (χ1) is 11.2. The van der Waals surface area contributed by atoms with Crippen molar-refractivity contribution in [3.63, 3.8) is 0 Å². The first-order valence-electron chi connectivity index (χ1n) is 7.22. The van der Waals surface area contributed by atoms with Crippen LogP contribution in [-0.2, 0) is 22.6 Å². The first kappa shape index (κ1) is 16.3. The predicted octanol–water partition coefficient (Wildman–Crippen LogP) is 1.52. The molecule has 2 amide bonds. The number of aryl methyl sites for hydroxylation is 1. The molecule has 0 atom stereocenters. The highest BCUT2D eigenvalue weighted by molar-refractivity contribution is 5.84. The second-order valence-corrected chi connectivity index (χ2v) is 4.94. The molecule has 0 fully saturated rings. The van der Waals surface area contributed by atoms with Crippen LogP contribution in [0.5, 0.6) is 0 Å². The Hall–Kier alpha value is -3.07. The molecule has 6 heteroatoms. The number of benzene rings is 1. The first-order valence-corrected chi connectivity index (χ1v) is 7.22. The van der Waals surface area contributed by atoms with Crippen molar-refractivity contribution in [2.45, 2.75) is 19.4 Å². The van der Waals surface area contributed by atoms with Crippen molar-refractivity contribution in [3.8, 4) is 6.07 Å². The number of hydrogen-bond acceptors (Lipinski definition) is 4. The van der Waals surface area contributed by atoms with Crippen LogP contribution in [0.2, 0.25) is 0 Å². The van der Waals surface area contributed by atoms with E-state index in [-0.39, 0.29) is 24.8 Å². The van der Waals surface area contributed by atoms with E-state index in [1.807, 2.05) is 18.2 Å². The van der Waals surface area contributed by atoms with Gasteiger partial charge in [0.1, 0.15) is 5.76 Å². The Labute approximate surface area is 134 Å². The van der Waals surface area contributed by atoms with Crippen LogP contribution in [0.15, 0.2) is 47.1 Å². The van der Waals surface area contributed by atoms with E-state index >= 15 is 0 Å². The average molecular weight is 311 g/mol.